The second-order valence-electron chi connectivity index (χ2n) is 5.46. The SMILES string of the molecule is Cn1c(-c2ccccc2F)nn(CN2CCCCC2)c1=S. The van der Waals surface area contributed by atoms with Crippen LogP contribution < -0.4 is 0 Å². The maximum atomic E-state index is 13.9. The third-order valence-electron chi connectivity index (χ3n) is 3.94. The number of benzene rings is 1. The molecule has 0 atom stereocenters. The molecule has 2 aromatic rings. The molecule has 4 nitrogen and oxygen atoms in total. The topological polar surface area (TPSA) is 26.0 Å². The fourth-order valence-electron chi connectivity index (χ4n) is 2.75. The molecule has 6 heteroatoms. The smallest absolute Gasteiger partial charge is 0.199 e. The largest absolute Gasteiger partial charge is 0.303 e. The summed E-state index contributed by atoms with van der Waals surface area (Å²) in [4.78, 5) is 2.34. The van der Waals surface area contributed by atoms with Crippen LogP contribution in [0.15, 0.2) is 24.3 Å². The Morgan fingerprint density at radius 1 is 1.19 bits per heavy atom. The van der Waals surface area contributed by atoms with Gasteiger partial charge in [0.25, 0.3) is 0 Å². The molecule has 1 saturated heterocycles. The third-order valence-corrected chi connectivity index (χ3v) is 4.42. The van der Waals surface area contributed by atoms with Crippen LogP contribution in [0.5, 0.6) is 0 Å². The molecule has 112 valence electrons. The molecule has 0 spiro atoms. The quantitative estimate of drug-likeness (QED) is 0.815. The maximum Gasteiger partial charge on any atom is 0.199 e. The van der Waals surface area contributed by atoms with E-state index in [1.165, 1.54) is 25.3 Å². The second-order valence-corrected chi connectivity index (χ2v) is 5.83. The second kappa shape index (κ2) is 6.07. The zero-order valence-corrected chi connectivity index (χ0v) is 12.9. The summed E-state index contributed by atoms with van der Waals surface area (Å²) in [5, 5.41) is 4.53. The zero-order valence-electron chi connectivity index (χ0n) is 12.1. The van der Waals surface area contributed by atoms with Crippen LogP contribution in [-0.2, 0) is 13.7 Å². The summed E-state index contributed by atoms with van der Waals surface area (Å²) >= 11 is 5.44. The highest BCUT2D eigenvalue weighted by atomic mass is 32.1. The third kappa shape index (κ3) is 2.91. The van der Waals surface area contributed by atoms with Gasteiger partial charge in [-0.1, -0.05) is 18.6 Å². The van der Waals surface area contributed by atoms with Crippen LogP contribution in [0.3, 0.4) is 0 Å². The summed E-state index contributed by atoms with van der Waals surface area (Å²) in [6.07, 6.45) is 3.74. The van der Waals surface area contributed by atoms with Crippen molar-refractivity contribution in [3.05, 3.63) is 34.9 Å². The van der Waals surface area contributed by atoms with Crippen LogP contribution in [0, 0.1) is 10.6 Å². The van der Waals surface area contributed by atoms with Crippen molar-refractivity contribution in [1.82, 2.24) is 19.2 Å². The normalized spacial score (nSPS) is 16.3. The average molecular weight is 306 g/mol. The highest BCUT2D eigenvalue weighted by molar-refractivity contribution is 7.71. The van der Waals surface area contributed by atoms with Gasteiger partial charge in [0.1, 0.15) is 5.82 Å². The molecule has 1 aromatic carbocycles. The molecule has 0 unspecified atom stereocenters. The highest BCUT2D eigenvalue weighted by Gasteiger charge is 2.16. The standard InChI is InChI=1S/C15H19FN4S/c1-18-14(12-7-3-4-8-13(12)16)17-20(15(18)21)11-19-9-5-2-6-10-19/h3-4,7-8H,2,5-6,9-11H2,1H3. The van der Waals surface area contributed by atoms with E-state index in [-0.39, 0.29) is 5.82 Å². The first-order valence-corrected chi connectivity index (χ1v) is 7.69. The Kier molecular flexibility index (Phi) is 4.17. The van der Waals surface area contributed by atoms with E-state index < -0.39 is 0 Å². The van der Waals surface area contributed by atoms with E-state index in [2.05, 4.69) is 10.00 Å². The summed E-state index contributed by atoms with van der Waals surface area (Å²) in [7, 11) is 1.84. The number of likely N-dealkylation sites (tertiary alicyclic amines) is 1. The Balaban J connectivity index is 1.92. The fraction of sp³-hybridized carbons (Fsp3) is 0.467. The number of rotatable bonds is 3. The van der Waals surface area contributed by atoms with Gasteiger partial charge in [-0.05, 0) is 50.3 Å². The van der Waals surface area contributed by atoms with Gasteiger partial charge in [-0.25, -0.2) is 9.07 Å². The maximum absolute atomic E-state index is 13.9. The summed E-state index contributed by atoms with van der Waals surface area (Å²) in [5.41, 5.74) is 0.489. The number of hydrogen-bond acceptors (Lipinski definition) is 3. The molecular formula is C15H19FN4S. The van der Waals surface area contributed by atoms with Gasteiger partial charge in [0, 0.05) is 7.05 Å². The molecule has 0 N–H and O–H groups in total. The van der Waals surface area contributed by atoms with E-state index in [1.54, 1.807) is 21.4 Å². The van der Waals surface area contributed by atoms with Gasteiger partial charge >= 0.3 is 0 Å². The molecule has 0 aliphatic carbocycles. The van der Waals surface area contributed by atoms with Gasteiger partial charge in [0.2, 0.25) is 0 Å². The molecule has 1 aliphatic heterocycles. The van der Waals surface area contributed by atoms with E-state index in [0.29, 0.717) is 22.8 Å². The molecule has 1 aromatic heterocycles. The minimum Gasteiger partial charge on any atom is -0.303 e. The van der Waals surface area contributed by atoms with Crippen LogP contribution >= 0.6 is 12.2 Å². The van der Waals surface area contributed by atoms with Crippen molar-refractivity contribution in [2.75, 3.05) is 13.1 Å². The number of hydrogen-bond donors (Lipinski definition) is 0. The van der Waals surface area contributed by atoms with Crippen LogP contribution in [0.1, 0.15) is 19.3 Å². The molecule has 0 saturated carbocycles. The predicted octanol–water partition coefficient (Wildman–Crippen LogP) is 3.20. The Hall–Kier alpha value is -1.53. The van der Waals surface area contributed by atoms with Crippen molar-refractivity contribution in [3.8, 4) is 11.4 Å². The van der Waals surface area contributed by atoms with Crippen LogP contribution in [0.2, 0.25) is 0 Å². The first-order chi connectivity index (χ1) is 10.2. The van der Waals surface area contributed by atoms with E-state index in [1.807, 2.05) is 13.1 Å². The van der Waals surface area contributed by atoms with Gasteiger partial charge < -0.3 is 4.57 Å². The van der Waals surface area contributed by atoms with Crippen molar-refractivity contribution >= 4 is 12.2 Å². The number of halogens is 1. The lowest BCUT2D eigenvalue weighted by Gasteiger charge is -2.25. The number of nitrogens with zero attached hydrogens (tertiary/aromatic N) is 4. The zero-order chi connectivity index (χ0) is 14.8. The Bertz CT molecular complexity index is 685. The Morgan fingerprint density at radius 2 is 1.90 bits per heavy atom. The number of piperidine rings is 1. The lowest BCUT2D eigenvalue weighted by molar-refractivity contribution is 0.172. The lowest BCUT2D eigenvalue weighted by Crippen LogP contribution is -2.32. The van der Waals surface area contributed by atoms with Crippen molar-refractivity contribution in [3.63, 3.8) is 0 Å². The van der Waals surface area contributed by atoms with Gasteiger partial charge in [-0.2, -0.15) is 5.10 Å². The van der Waals surface area contributed by atoms with Crippen molar-refractivity contribution in [2.45, 2.75) is 25.9 Å². The van der Waals surface area contributed by atoms with Crippen LogP contribution in [0.4, 0.5) is 4.39 Å². The summed E-state index contributed by atoms with van der Waals surface area (Å²) in [6.45, 7) is 2.84. The predicted molar refractivity (Wildman–Crippen MR) is 82.9 cm³/mol. The van der Waals surface area contributed by atoms with Crippen LogP contribution in [0.25, 0.3) is 11.4 Å². The summed E-state index contributed by atoms with van der Waals surface area (Å²) < 4.78 is 18.1. The monoisotopic (exact) mass is 306 g/mol. The molecule has 0 bridgehead atoms. The van der Waals surface area contributed by atoms with Crippen molar-refractivity contribution in [2.24, 2.45) is 7.05 Å². The van der Waals surface area contributed by atoms with E-state index in [9.17, 15) is 4.39 Å². The minimum absolute atomic E-state index is 0.272. The molecule has 1 fully saturated rings. The number of aromatic nitrogens is 3. The van der Waals surface area contributed by atoms with Gasteiger partial charge in [-0.3, -0.25) is 4.90 Å². The van der Waals surface area contributed by atoms with Gasteiger partial charge in [0.15, 0.2) is 10.6 Å². The molecule has 1 aliphatic rings. The van der Waals surface area contributed by atoms with Crippen molar-refractivity contribution < 1.29 is 4.39 Å². The molecule has 2 heterocycles. The highest BCUT2D eigenvalue weighted by Crippen LogP contribution is 2.21. The first kappa shape index (κ1) is 14.4. The van der Waals surface area contributed by atoms with E-state index in [0.717, 1.165) is 13.1 Å². The Labute approximate surface area is 128 Å². The first-order valence-electron chi connectivity index (χ1n) is 7.28. The molecule has 21 heavy (non-hydrogen) atoms. The molecule has 0 radical (unpaired) electrons. The average Bonchev–Trinajstić information content (AvgIpc) is 2.77. The summed E-state index contributed by atoms with van der Waals surface area (Å²) in [5.74, 6) is 0.306. The fourth-order valence-corrected chi connectivity index (χ4v) is 2.93. The van der Waals surface area contributed by atoms with Gasteiger partial charge in [-0.15, -0.1) is 0 Å². The Morgan fingerprint density at radius 3 is 2.62 bits per heavy atom. The minimum atomic E-state index is -0.272. The van der Waals surface area contributed by atoms with E-state index in [4.69, 9.17) is 12.2 Å². The van der Waals surface area contributed by atoms with Crippen molar-refractivity contribution in [1.29, 1.82) is 0 Å². The van der Waals surface area contributed by atoms with E-state index >= 15 is 0 Å². The molecule has 0 amide bonds. The lowest BCUT2D eigenvalue weighted by atomic mass is 10.1. The van der Waals surface area contributed by atoms with Gasteiger partial charge in [0.05, 0.1) is 12.2 Å². The molecular weight excluding hydrogens is 287 g/mol. The summed E-state index contributed by atoms with van der Waals surface area (Å²) in [6, 6.07) is 6.67. The molecule has 3 rings (SSSR count). The van der Waals surface area contributed by atoms with Crippen LogP contribution in [-0.4, -0.2) is 32.3 Å².